The zero-order valence-electron chi connectivity index (χ0n) is 15.9. The Bertz CT molecular complexity index is 1590. The Morgan fingerprint density at radius 3 is 2.19 bits per heavy atom. The molecule has 4 rings (SSSR count). The second-order valence-corrected chi connectivity index (χ2v) is 9.48. The maximum atomic E-state index is 13.2. The number of hydrogen-bond donors (Lipinski definition) is 1. The van der Waals surface area contributed by atoms with E-state index in [0.29, 0.717) is 35.4 Å². The summed E-state index contributed by atoms with van der Waals surface area (Å²) < 4.78 is 1.79. The van der Waals surface area contributed by atoms with Gasteiger partial charge in [0.1, 0.15) is 10.5 Å². The molecule has 0 saturated heterocycles. The maximum absolute atomic E-state index is 13.2. The number of allylic oxidation sites excluding steroid dienone is 1. The van der Waals surface area contributed by atoms with Crippen LogP contribution in [0.5, 0.6) is 0 Å². The minimum Gasteiger partial charge on any atom is -0.384 e. The van der Waals surface area contributed by atoms with Gasteiger partial charge in [0.2, 0.25) is 0 Å². The van der Waals surface area contributed by atoms with Crippen LogP contribution in [0, 0.1) is 22.7 Å². The molecular formula is C22H10Cl4N4OS. The van der Waals surface area contributed by atoms with Crippen LogP contribution in [0.1, 0.15) is 17.0 Å². The Morgan fingerprint density at radius 2 is 1.59 bits per heavy atom. The topological polar surface area (TPSA) is 95.6 Å². The van der Waals surface area contributed by atoms with E-state index in [1.54, 1.807) is 36.4 Å². The van der Waals surface area contributed by atoms with Gasteiger partial charge in [0.25, 0.3) is 5.56 Å². The molecule has 0 bridgehead atoms. The van der Waals surface area contributed by atoms with Gasteiger partial charge in [-0.15, -0.1) is 11.3 Å². The number of fused-ring (bicyclic) bond motifs is 1. The molecule has 0 saturated carbocycles. The first-order chi connectivity index (χ1) is 15.3. The second kappa shape index (κ2) is 8.67. The molecule has 32 heavy (non-hydrogen) atoms. The van der Waals surface area contributed by atoms with E-state index in [-0.39, 0.29) is 22.0 Å². The number of halogens is 4. The highest BCUT2D eigenvalue weighted by Crippen LogP contribution is 2.39. The van der Waals surface area contributed by atoms with Crippen molar-refractivity contribution in [2.45, 2.75) is 5.92 Å². The quantitative estimate of drug-likeness (QED) is 0.540. The van der Waals surface area contributed by atoms with E-state index in [2.05, 4.69) is 6.07 Å². The standard InChI is InChI=1S/C22H10Cl4N4OS/c23-11-2-1-10(16(25)6-11)5-18-21(31)30-20(29)14(8-27)19(15(9-28)22(30)32-18)13-4-3-12(24)7-17(13)26/h1-7,19H,29H2/b18-5-. The highest BCUT2D eigenvalue weighted by atomic mass is 35.5. The zero-order chi connectivity index (χ0) is 23.2. The third-order valence-electron chi connectivity index (χ3n) is 4.91. The normalized spacial score (nSPS) is 16.0. The van der Waals surface area contributed by atoms with Crippen LogP contribution in [-0.4, -0.2) is 4.57 Å². The predicted molar refractivity (Wildman–Crippen MR) is 129 cm³/mol. The van der Waals surface area contributed by atoms with Crippen LogP contribution in [0.4, 0.5) is 0 Å². The van der Waals surface area contributed by atoms with E-state index in [1.807, 2.05) is 6.07 Å². The van der Waals surface area contributed by atoms with Crippen molar-refractivity contribution in [3.63, 3.8) is 0 Å². The Balaban J connectivity index is 2.07. The van der Waals surface area contributed by atoms with Crippen molar-refractivity contribution in [2.75, 3.05) is 0 Å². The SMILES string of the molecule is N#CC1=C(N)n2c(s/c(=C\c3ccc(Cl)cc3Cl)c2=O)=C(C#N)C1c1ccc(Cl)cc1Cl. The van der Waals surface area contributed by atoms with Crippen molar-refractivity contribution in [1.82, 2.24) is 4.57 Å². The van der Waals surface area contributed by atoms with Gasteiger partial charge in [-0.25, -0.2) is 0 Å². The fraction of sp³-hybridized carbons (Fsp3) is 0.0455. The van der Waals surface area contributed by atoms with Crippen molar-refractivity contribution in [1.29, 1.82) is 10.5 Å². The van der Waals surface area contributed by atoms with Crippen LogP contribution >= 0.6 is 57.7 Å². The molecule has 2 heterocycles. The number of benzene rings is 2. The highest BCUT2D eigenvalue weighted by Gasteiger charge is 2.33. The van der Waals surface area contributed by atoms with E-state index >= 15 is 0 Å². The Labute approximate surface area is 206 Å². The average molecular weight is 520 g/mol. The number of aromatic nitrogens is 1. The largest absolute Gasteiger partial charge is 0.384 e. The van der Waals surface area contributed by atoms with Crippen molar-refractivity contribution >= 4 is 75.2 Å². The van der Waals surface area contributed by atoms with Gasteiger partial charge in [-0.1, -0.05) is 58.5 Å². The Morgan fingerprint density at radius 1 is 0.969 bits per heavy atom. The summed E-state index contributed by atoms with van der Waals surface area (Å²) in [6.45, 7) is 0. The molecule has 0 fully saturated rings. The molecule has 2 N–H and O–H groups in total. The summed E-state index contributed by atoms with van der Waals surface area (Å²) in [5, 5.41) is 21.4. The van der Waals surface area contributed by atoms with Crippen LogP contribution < -0.4 is 20.5 Å². The number of nitriles is 2. The van der Waals surface area contributed by atoms with Crippen molar-refractivity contribution in [3.05, 3.63) is 92.7 Å². The van der Waals surface area contributed by atoms with Gasteiger partial charge in [-0.05, 0) is 41.5 Å². The van der Waals surface area contributed by atoms with Crippen LogP contribution in [0.15, 0.2) is 46.8 Å². The number of thiazole rings is 1. The first-order valence-corrected chi connectivity index (χ1v) is 11.3. The Kier molecular flexibility index (Phi) is 6.09. The van der Waals surface area contributed by atoms with Gasteiger partial charge in [-0.3, -0.25) is 9.36 Å². The summed E-state index contributed by atoms with van der Waals surface area (Å²) in [4.78, 5) is 13.2. The molecule has 1 aromatic heterocycles. The molecule has 1 atom stereocenters. The summed E-state index contributed by atoms with van der Waals surface area (Å²) in [7, 11) is 0. The van der Waals surface area contributed by atoms with E-state index in [4.69, 9.17) is 52.1 Å². The lowest BCUT2D eigenvalue weighted by molar-refractivity contribution is 0.906. The fourth-order valence-electron chi connectivity index (χ4n) is 3.46. The molecule has 3 aromatic rings. The average Bonchev–Trinajstić information content (AvgIpc) is 3.06. The van der Waals surface area contributed by atoms with Gasteiger partial charge in [0.15, 0.2) is 0 Å². The summed E-state index contributed by atoms with van der Waals surface area (Å²) in [6, 6.07) is 13.8. The molecular weight excluding hydrogens is 510 g/mol. The number of rotatable bonds is 2. The van der Waals surface area contributed by atoms with Crippen molar-refractivity contribution in [2.24, 2.45) is 5.73 Å². The third-order valence-corrected chi connectivity index (χ3v) is 7.14. The highest BCUT2D eigenvalue weighted by molar-refractivity contribution is 7.07. The maximum Gasteiger partial charge on any atom is 0.274 e. The van der Waals surface area contributed by atoms with Crippen LogP contribution in [-0.2, 0) is 0 Å². The zero-order valence-corrected chi connectivity index (χ0v) is 19.7. The van der Waals surface area contributed by atoms with Crippen molar-refractivity contribution in [3.8, 4) is 12.1 Å². The van der Waals surface area contributed by atoms with E-state index < -0.39 is 11.5 Å². The van der Waals surface area contributed by atoms with Crippen LogP contribution in [0.25, 0.3) is 17.5 Å². The predicted octanol–water partition coefficient (Wildman–Crippen LogP) is 4.47. The first kappa shape index (κ1) is 22.5. The van der Waals surface area contributed by atoms with Crippen LogP contribution in [0.2, 0.25) is 20.1 Å². The lowest BCUT2D eigenvalue weighted by atomic mass is 9.84. The van der Waals surface area contributed by atoms with Crippen LogP contribution in [0.3, 0.4) is 0 Å². The van der Waals surface area contributed by atoms with Gasteiger partial charge in [0.05, 0.1) is 33.7 Å². The van der Waals surface area contributed by atoms with Gasteiger partial charge < -0.3 is 5.73 Å². The van der Waals surface area contributed by atoms with Crippen molar-refractivity contribution < 1.29 is 0 Å². The van der Waals surface area contributed by atoms with Gasteiger partial charge >= 0.3 is 0 Å². The monoisotopic (exact) mass is 518 g/mol. The molecule has 0 spiro atoms. The van der Waals surface area contributed by atoms with E-state index in [1.165, 1.54) is 10.6 Å². The molecule has 158 valence electrons. The summed E-state index contributed by atoms with van der Waals surface area (Å²) >= 11 is 25.7. The first-order valence-electron chi connectivity index (χ1n) is 8.94. The van der Waals surface area contributed by atoms with Gasteiger partial charge in [-0.2, -0.15) is 10.5 Å². The molecule has 5 nitrogen and oxygen atoms in total. The molecule has 0 aliphatic carbocycles. The molecule has 1 aliphatic rings. The molecule has 10 heteroatoms. The lowest BCUT2D eigenvalue weighted by Gasteiger charge is -2.23. The van der Waals surface area contributed by atoms with Gasteiger partial charge in [0, 0.05) is 20.1 Å². The lowest BCUT2D eigenvalue weighted by Crippen LogP contribution is -2.38. The third kappa shape index (κ3) is 3.71. The molecule has 1 unspecified atom stereocenters. The number of nitrogens with zero attached hydrogens (tertiary/aromatic N) is 3. The summed E-state index contributed by atoms with van der Waals surface area (Å²) in [5.74, 6) is -0.889. The summed E-state index contributed by atoms with van der Waals surface area (Å²) in [5.41, 5.74) is 7.10. The second-order valence-electron chi connectivity index (χ2n) is 6.76. The molecule has 1 aliphatic heterocycles. The minimum absolute atomic E-state index is 0.0502. The summed E-state index contributed by atoms with van der Waals surface area (Å²) in [6.07, 6.45) is 1.59. The smallest absolute Gasteiger partial charge is 0.274 e. The number of hydrogen-bond acceptors (Lipinski definition) is 5. The molecule has 2 aromatic carbocycles. The molecule has 0 radical (unpaired) electrons. The van der Waals surface area contributed by atoms with E-state index in [9.17, 15) is 15.3 Å². The number of nitrogens with two attached hydrogens (primary N) is 1. The van der Waals surface area contributed by atoms with E-state index in [0.717, 1.165) is 11.3 Å². The minimum atomic E-state index is -0.834. The Hall–Kier alpha value is -2.71. The molecule has 0 amide bonds. The fourth-order valence-corrected chi connectivity index (χ4v) is 5.56.